The lowest BCUT2D eigenvalue weighted by molar-refractivity contribution is -0.384. The van der Waals surface area contributed by atoms with Gasteiger partial charge in [0.15, 0.2) is 0 Å². The number of nitro benzene ring substituents is 1. The third-order valence-corrected chi connectivity index (χ3v) is 4.10. The van der Waals surface area contributed by atoms with Crippen molar-refractivity contribution in [1.29, 1.82) is 0 Å². The van der Waals surface area contributed by atoms with Gasteiger partial charge in [-0.15, -0.1) is 0 Å². The Morgan fingerprint density at radius 3 is 2.72 bits per heavy atom. The highest BCUT2D eigenvalue weighted by Gasteiger charge is 2.32. The molecule has 3 rings (SSSR count). The molecule has 0 fully saturated rings. The van der Waals surface area contributed by atoms with Crippen molar-refractivity contribution < 1.29 is 14.5 Å². The van der Waals surface area contributed by atoms with E-state index in [1.807, 2.05) is 24.3 Å². The van der Waals surface area contributed by atoms with Crippen molar-refractivity contribution in [1.82, 2.24) is 5.01 Å². The summed E-state index contributed by atoms with van der Waals surface area (Å²) in [7, 11) is 1.59. The van der Waals surface area contributed by atoms with Crippen LogP contribution in [0.4, 0.5) is 5.69 Å². The summed E-state index contributed by atoms with van der Waals surface area (Å²) < 4.78 is 5.23. The lowest BCUT2D eigenvalue weighted by atomic mass is 9.98. The smallest absolute Gasteiger partial charge is 0.269 e. The van der Waals surface area contributed by atoms with Crippen LogP contribution in [0, 0.1) is 10.1 Å². The summed E-state index contributed by atoms with van der Waals surface area (Å²) in [6, 6.07) is 13.4. The first-order valence-electron chi connectivity index (χ1n) is 7.75. The quantitative estimate of drug-likeness (QED) is 0.632. The zero-order valence-corrected chi connectivity index (χ0v) is 13.9. The minimum absolute atomic E-state index is 0.00386. The van der Waals surface area contributed by atoms with Crippen LogP contribution in [0.15, 0.2) is 53.6 Å². The number of hydrazone groups is 1. The van der Waals surface area contributed by atoms with Gasteiger partial charge in [-0.3, -0.25) is 14.9 Å². The summed E-state index contributed by atoms with van der Waals surface area (Å²) in [4.78, 5) is 22.6. The number of non-ortho nitro benzene ring substituents is 1. The first-order chi connectivity index (χ1) is 12.0. The topological polar surface area (TPSA) is 85.0 Å². The molecule has 0 bridgehead atoms. The summed E-state index contributed by atoms with van der Waals surface area (Å²) in [5.74, 6) is 0.489. The second-order valence-corrected chi connectivity index (χ2v) is 5.71. The number of ether oxygens (including phenoxy) is 1. The SMILES string of the molecule is COc1cccc(C2=NN(C(C)=O)[C@H](c3cccc([N+](=O)[O-])c3)C2)c1. The molecule has 7 nitrogen and oxygen atoms in total. The lowest BCUT2D eigenvalue weighted by Crippen LogP contribution is -2.24. The first-order valence-corrected chi connectivity index (χ1v) is 7.75. The Morgan fingerprint density at radius 2 is 2.04 bits per heavy atom. The second-order valence-electron chi connectivity index (χ2n) is 5.71. The molecule has 0 aromatic heterocycles. The predicted molar refractivity (Wildman–Crippen MR) is 92.5 cm³/mol. The normalized spacial score (nSPS) is 16.5. The number of benzene rings is 2. The maximum Gasteiger partial charge on any atom is 0.269 e. The summed E-state index contributed by atoms with van der Waals surface area (Å²) in [5, 5.41) is 16.8. The van der Waals surface area contributed by atoms with Gasteiger partial charge in [0.05, 0.1) is 23.8 Å². The summed E-state index contributed by atoms with van der Waals surface area (Å²) in [6.07, 6.45) is 0.480. The van der Waals surface area contributed by atoms with Crippen LogP contribution in [0.25, 0.3) is 0 Å². The molecule has 7 heteroatoms. The van der Waals surface area contributed by atoms with Crippen molar-refractivity contribution in [3.63, 3.8) is 0 Å². The van der Waals surface area contributed by atoms with Gasteiger partial charge in [0.25, 0.3) is 5.69 Å². The van der Waals surface area contributed by atoms with Crippen LogP contribution >= 0.6 is 0 Å². The number of carbonyl (C=O) groups excluding carboxylic acids is 1. The molecule has 25 heavy (non-hydrogen) atoms. The highest BCUT2D eigenvalue weighted by Crippen LogP contribution is 2.34. The fourth-order valence-electron chi connectivity index (χ4n) is 2.88. The predicted octanol–water partition coefficient (Wildman–Crippen LogP) is 3.30. The van der Waals surface area contributed by atoms with Gasteiger partial charge in [-0.2, -0.15) is 5.10 Å². The van der Waals surface area contributed by atoms with Gasteiger partial charge in [0.1, 0.15) is 5.75 Å². The van der Waals surface area contributed by atoms with E-state index in [4.69, 9.17) is 4.74 Å². The molecule has 1 heterocycles. The van der Waals surface area contributed by atoms with Crippen LogP contribution in [0.3, 0.4) is 0 Å². The Kier molecular flexibility index (Phi) is 4.47. The zero-order valence-electron chi connectivity index (χ0n) is 13.9. The number of methoxy groups -OCH3 is 1. The molecule has 0 saturated carbocycles. The van der Waals surface area contributed by atoms with Gasteiger partial charge in [0.2, 0.25) is 5.91 Å². The number of hydrogen-bond donors (Lipinski definition) is 0. The van der Waals surface area contributed by atoms with Crippen LogP contribution in [-0.2, 0) is 4.79 Å². The third kappa shape index (κ3) is 3.35. The molecule has 0 unspecified atom stereocenters. The van der Waals surface area contributed by atoms with Crippen molar-refractivity contribution in [3.05, 3.63) is 69.8 Å². The van der Waals surface area contributed by atoms with Gasteiger partial charge in [-0.05, 0) is 17.7 Å². The standard InChI is InChI=1S/C18H17N3O4/c1-12(22)20-18(14-6-3-7-15(9-14)21(23)24)11-17(19-20)13-5-4-8-16(10-13)25-2/h3-10,18H,11H2,1-2H3/t18-/m0/s1. The molecule has 0 saturated heterocycles. The van der Waals surface area contributed by atoms with Crippen LogP contribution in [0.1, 0.15) is 30.5 Å². The molecule has 0 aliphatic carbocycles. The fraction of sp³-hybridized carbons (Fsp3) is 0.222. The lowest BCUT2D eigenvalue weighted by Gasteiger charge is -2.20. The Morgan fingerprint density at radius 1 is 1.28 bits per heavy atom. The molecule has 0 spiro atoms. The van der Waals surface area contributed by atoms with E-state index in [-0.39, 0.29) is 17.6 Å². The van der Waals surface area contributed by atoms with Crippen molar-refractivity contribution >= 4 is 17.3 Å². The van der Waals surface area contributed by atoms with Crippen LogP contribution in [0.2, 0.25) is 0 Å². The molecule has 2 aromatic carbocycles. The summed E-state index contributed by atoms with van der Waals surface area (Å²) in [5.41, 5.74) is 2.28. The monoisotopic (exact) mass is 339 g/mol. The largest absolute Gasteiger partial charge is 0.497 e. The molecular formula is C18H17N3O4. The Labute approximate surface area is 144 Å². The van der Waals surface area contributed by atoms with E-state index in [0.29, 0.717) is 17.7 Å². The average Bonchev–Trinajstić information content (AvgIpc) is 3.07. The van der Waals surface area contributed by atoms with Crippen molar-refractivity contribution in [2.75, 3.05) is 7.11 Å². The molecule has 2 aromatic rings. The average molecular weight is 339 g/mol. The minimum Gasteiger partial charge on any atom is -0.497 e. The highest BCUT2D eigenvalue weighted by atomic mass is 16.6. The molecule has 1 aliphatic heterocycles. The molecule has 1 aliphatic rings. The molecule has 1 amide bonds. The van der Waals surface area contributed by atoms with Gasteiger partial charge in [-0.1, -0.05) is 24.3 Å². The first kappa shape index (κ1) is 16.6. The second kappa shape index (κ2) is 6.72. The number of carbonyl (C=O) groups is 1. The van der Waals surface area contributed by atoms with E-state index in [1.54, 1.807) is 19.2 Å². The number of amides is 1. The van der Waals surface area contributed by atoms with Crippen molar-refractivity contribution in [3.8, 4) is 5.75 Å². The number of hydrogen-bond acceptors (Lipinski definition) is 5. The highest BCUT2D eigenvalue weighted by molar-refractivity contribution is 6.03. The number of nitro groups is 1. The summed E-state index contributed by atoms with van der Waals surface area (Å²) in [6.45, 7) is 1.43. The van der Waals surface area contributed by atoms with E-state index in [1.165, 1.54) is 24.1 Å². The number of nitrogens with zero attached hydrogens (tertiary/aromatic N) is 3. The van der Waals surface area contributed by atoms with E-state index >= 15 is 0 Å². The van der Waals surface area contributed by atoms with Crippen LogP contribution in [-0.4, -0.2) is 28.7 Å². The molecule has 0 N–H and O–H groups in total. The maximum atomic E-state index is 12.0. The van der Waals surface area contributed by atoms with Gasteiger partial charge < -0.3 is 4.74 Å². The van der Waals surface area contributed by atoms with Crippen LogP contribution in [0.5, 0.6) is 5.75 Å². The van der Waals surface area contributed by atoms with Gasteiger partial charge in [-0.25, -0.2) is 5.01 Å². The molecular weight excluding hydrogens is 322 g/mol. The van der Waals surface area contributed by atoms with Crippen LogP contribution < -0.4 is 4.74 Å². The van der Waals surface area contributed by atoms with Crippen molar-refractivity contribution in [2.24, 2.45) is 5.10 Å². The van der Waals surface area contributed by atoms with E-state index < -0.39 is 4.92 Å². The van der Waals surface area contributed by atoms with Crippen molar-refractivity contribution in [2.45, 2.75) is 19.4 Å². The Bertz CT molecular complexity index is 863. The third-order valence-electron chi connectivity index (χ3n) is 4.10. The molecule has 1 atom stereocenters. The van der Waals surface area contributed by atoms with Gasteiger partial charge in [0, 0.05) is 31.0 Å². The minimum atomic E-state index is -0.444. The molecule has 128 valence electrons. The van der Waals surface area contributed by atoms with E-state index in [9.17, 15) is 14.9 Å². The molecule has 0 radical (unpaired) electrons. The Balaban J connectivity index is 1.96. The Hall–Kier alpha value is -3.22. The number of rotatable bonds is 4. The fourth-order valence-corrected chi connectivity index (χ4v) is 2.88. The summed E-state index contributed by atoms with van der Waals surface area (Å²) >= 11 is 0. The van der Waals surface area contributed by atoms with E-state index in [0.717, 1.165) is 11.3 Å². The maximum absolute atomic E-state index is 12.0. The van der Waals surface area contributed by atoms with Gasteiger partial charge >= 0.3 is 0 Å². The zero-order chi connectivity index (χ0) is 18.0. The van der Waals surface area contributed by atoms with E-state index in [2.05, 4.69) is 5.10 Å².